The SMILES string of the molecule is O=C1c2c(c(C(=O)N3CCc4ncccc4C3)c3cccnc3c2O)CN1Cc1ccc(F)cc1. The van der Waals surface area contributed by atoms with Gasteiger partial charge < -0.3 is 14.9 Å². The molecule has 0 radical (unpaired) electrons. The zero-order chi connectivity index (χ0) is 24.1. The van der Waals surface area contributed by atoms with Crippen LogP contribution in [-0.4, -0.2) is 43.2 Å². The Bertz CT molecular complexity index is 1500. The molecule has 8 heteroatoms. The van der Waals surface area contributed by atoms with Crippen molar-refractivity contribution in [2.75, 3.05) is 6.54 Å². The van der Waals surface area contributed by atoms with Crippen LogP contribution in [0.2, 0.25) is 0 Å². The molecular formula is C27H21FN4O3. The molecule has 4 heterocycles. The van der Waals surface area contributed by atoms with Gasteiger partial charge in [-0.05, 0) is 35.4 Å². The first-order chi connectivity index (χ1) is 17.0. The molecule has 0 saturated carbocycles. The van der Waals surface area contributed by atoms with Gasteiger partial charge in [0.1, 0.15) is 11.3 Å². The molecule has 0 saturated heterocycles. The van der Waals surface area contributed by atoms with Crippen molar-refractivity contribution in [3.8, 4) is 5.75 Å². The minimum Gasteiger partial charge on any atom is -0.505 e. The molecular weight excluding hydrogens is 447 g/mol. The number of halogens is 1. The molecule has 2 amide bonds. The fraction of sp³-hybridized carbons (Fsp3) is 0.185. The lowest BCUT2D eigenvalue weighted by Crippen LogP contribution is -2.37. The summed E-state index contributed by atoms with van der Waals surface area (Å²) in [5.41, 5.74) is 3.97. The number of aromatic nitrogens is 2. The van der Waals surface area contributed by atoms with Crippen molar-refractivity contribution in [2.24, 2.45) is 0 Å². The number of hydrogen-bond acceptors (Lipinski definition) is 5. The highest BCUT2D eigenvalue weighted by molar-refractivity contribution is 6.15. The number of pyridine rings is 2. The van der Waals surface area contributed by atoms with Crippen LogP contribution in [0, 0.1) is 5.82 Å². The number of nitrogens with zero attached hydrogens (tertiary/aromatic N) is 4. The fourth-order valence-electron chi connectivity index (χ4n) is 5.03. The number of hydrogen-bond donors (Lipinski definition) is 1. The molecule has 0 fully saturated rings. The molecule has 174 valence electrons. The summed E-state index contributed by atoms with van der Waals surface area (Å²) >= 11 is 0. The average Bonchev–Trinajstić information content (AvgIpc) is 3.20. The first kappa shape index (κ1) is 21.2. The van der Waals surface area contributed by atoms with E-state index in [0.29, 0.717) is 36.0 Å². The number of rotatable bonds is 3. The number of aromatic hydroxyl groups is 1. The van der Waals surface area contributed by atoms with Crippen LogP contribution in [0.5, 0.6) is 5.75 Å². The second-order valence-electron chi connectivity index (χ2n) is 8.85. The summed E-state index contributed by atoms with van der Waals surface area (Å²) in [5, 5.41) is 11.5. The van der Waals surface area contributed by atoms with E-state index in [4.69, 9.17) is 0 Å². The van der Waals surface area contributed by atoms with Gasteiger partial charge in [-0.3, -0.25) is 19.6 Å². The van der Waals surface area contributed by atoms with Crippen LogP contribution in [-0.2, 0) is 26.1 Å². The molecule has 7 nitrogen and oxygen atoms in total. The van der Waals surface area contributed by atoms with Gasteiger partial charge in [0.2, 0.25) is 0 Å². The van der Waals surface area contributed by atoms with E-state index in [-0.39, 0.29) is 47.6 Å². The summed E-state index contributed by atoms with van der Waals surface area (Å²) in [4.78, 5) is 39.3. The summed E-state index contributed by atoms with van der Waals surface area (Å²) in [6.07, 6.45) is 3.93. The number of benzene rings is 2. The molecule has 4 aromatic rings. The van der Waals surface area contributed by atoms with E-state index in [1.165, 1.54) is 18.3 Å². The third kappa shape index (κ3) is 3.49. The van der Waals surface area contributed by atoms with Gasteiger partial charge in [0, 0.05) is 61.6 Å². The van der Waals surface area contributed by atoms with Crippen LogP contribution < -0.4 is 0 Å². The first-order valence-corrected chi connectivity index (χ1v) is 11.4. The highest BCUT2D eigenvalue weighted by atomic mass is 19.1. The maximum absolute atomic E-state index is 13.9. The Morgan fingerprint density at radius 3 is 2.63 bits per heavy atom. The lowest BCUT2D eigenvalue weighted by Gasteiger charge is -2.29. The maximum atomic E-state index is 13.9. The number of carbonyl (C=O) groups is 2. The Labute approximate surface area is 200 Å². The highest BCUT2D eigenvalue weighted by Crippen LogP contribution is 2.40. The van der Waals surface area contributed by atoms with Gasteiger partial charge in [0.15, 0.2) is 5.75 Å². The molecule has 2 aromatic carbocycles. The Morgan fingerprint density at radius 2 is 1.80 bits per heavy atom. The van der Waals surface area contributed by atoms with E-state index in [0.717, 1.165) is 16.8 Å². The quantitative estimate of drug-likeness (QED) is 0.494. The van der Waals surface area contributed by atoms with Crippen LogP contribution in [0.1, 0.15) is 43.1 Å². The molecule has 6 rings (SSSR count). The second kappa shape index (κ2) is 8.16. The van der Waals surface area contributed by atoms with Gasteiger partial charge in [-0.2, -0.15) is 0 Å². The Kier molecular flexibility index (Phi) is 4.95. The monoisotopic (exact) mass is 468 g/mol. The summed E-state index contributed by atoms with van der Waals surface area (Å²) in [7, 11) is 0. The zero-order valence-electron chi connectivity index (χ0n) is 18.7. The molecule has 0 aliphatic carbocycles. The lowest BCUT2D eigenvalue weighted by molar-refractivity contribution is 0.0727. The molecule has 2 aliphatic heterocycles. The third-order valence-electron chi connectivity index (χ3n) is 6.74. The first-order valence-electron chi connectivity index (χ1n) is 11.4. The van der Waals surface area contributed by atoms with Crippen molar-refractivity contribution in [3.05, 3.63) is 100 Å². The molecule has 0 spiro atoms. The van der Waals surface area contributed by atoms with Crippen molar-refractivity contribution in [1.82, 2.24) is 19.8 Å². The van der Waals surface area contributed by atoms with Gasteiger partial charge in [-0.25, -0.2) is 4.39 Å². The summed E-state index contributed by atoms with van der Waals surface area (Å²) in [6.45, 7) is 1.32. The largest absolute Gasteiger partial charge is 0.505 e. The molecule has 0 unspecified atom stereocenters. The van der Waals surface area contributed by atoms with Gasteiger partial charge in [-0.1, -0.05) is 24.3 Å². The van der Waals surface area contributed by atoms with E-state index >= 15 is 0 Å². The van der Waals surface area contributed by atoms with Crippen LogP contribution in [0.4, 0.5) is 4.39 Å². The second-order valence-corrected chi connectivity index (χ2v) is 8.85. The summed E-state index contributed by atoms with van der Waals surface area (Å²) in [5.74, 6) is -1.15. The van der Waals surface area contributed by atoms with Crippen LogP contribution in [0.15, 0.2) is 60.9 Å². The normalized spacial score (nSPS) is 14.8. The molecule has 35 heavy (non-hydrogen) atoms. The van der Waals surface area contributed by atoms with Gasteiger partial charge in [0.25, 0.3) is 11.8 Å². The van der Waals surface area contributed by atoms with Crippen molar-refractivity contribution in [2.45, 2.75) is 26.1 Å². The molecule has 0 bridgehead atoms. The average molecular weight is 468 g/mol. The van der Waals surface area contributed by atoms with Crippen molar-refractivity contribution in [3.63, 3.8) is 0 Å². The van der Waals surface area contributed by atoms with Crippen LogP contribution in [0.25, 0.3) is 10.9 Å². The van der Waals surface area contributed by atoms with E-state index in [9.17, 15) is 19.1 Å². The number of phenolic OH excluding ortho intramolecular Hbond substituents is 1. The van der Waals surface area contributed by atoms with Gasteiger partial charge in [0.05, 0.1) is 11.1 Å². The summed E-state index contributed by atoms with van der Waals surface area (Å²) in [6, 6.07) is 13.2. The Morgan fingerprint density at radius 1 is 1.03 bits per heavy atom. The zero-order valence-corrected chi connectivity index (χ0v) is 18.7. The standard InChI is InChI=1S/C27H21FN4O3/c28-18-7-5-16(6-8-18)13-32-15-20-22(19-4-2-11-30-24(19)25(33)23(20)27(32)35)26(34)31-12-9-21-17(14-31)3-1-10-29-21/h1-8,10-11,33H,9,12-15H2. The molecule has 1 N–H and O–H groups in total. The Balaban J connectivity index is 1.43. The van der Waals surface area contributed by atoms with Crippen molar-refractivity contribution in [1.29, 1.82) is 0 Å². The highest BCUT2D eigenvalue weighted by Gasteiger charge is 2.38. The van der Waals surface area contributed by atoms with Crippen LogP contribution >= 0.6 is 0 Å². The summed E-state index contributed by atoms with van der Waals surface area (Å²) < 4.78 is 13.3. The third-order valence-corrected chi connectivity index (χ3v) is 6.74. The van der Waals surface area contributed by atoms with Gasteiger partial charge in [-0.15, -0.1) is 0 Å². The molecule has 0 atom stereocenters. The van der Waals surface area contributed by atoms with E-state index in [1.807, 2.05) is 12.1 Å². The smallest absolute Gasteiger partial charge is 0.258 e. The van der Waals surface area contributed by atoms with Gasteiger partial charge >= 0.3 is 0 Å². The van der Waals surface area contributed by atoms with Crippen molar-refractivity contribution < 1.29 is 19.1 Å². The predicted octanol–water partition coefficient (Wildman–Crippen LogP) is 3.83. The molecule has 2 aliphatic rings. The predicted molar refractivity (Wildman–Crippen MR) is 126 cm³/mol. The van der Waals surface area contributed by atoms with Crippen LogP contribution in [0.3, 0.4) is 0 Å². The number of fused-ring (bicyclic) bond motifs is 3. The van der Waals surface area contributed by atoms with Crippen molar-refractivity contribution >= 4 is 22.7 Å². The minimum absolute atomic E-state index is 0.112. The topological polar surface area (TPSA) is 86.6 Å². The number of carbonyl (C=O) groups excluding carboxylic acids is 2. The molecule has 2 aromatic heterocycles. The van der Waals surface area contributed by atoms with E-state index in [2.05, 4.69) is 9.97 Å². The van der Waals surface area contributed by atoms with E-state index in [1.54, 1.807) is 40.3 Å². The fourth-order valence-corrected chi connectivity index (χ4v) is 5.03. The van der Waals surface area contributed by atoms with E-state index < -0.39 is 0 Å². The minimum atomic E-state index is -0.378. The Hall–Kier alpha value is -4.33. The lowest BCUT2D eigenvalue weighted by atomic mass is 9.94. The number of amides is 2. The maximum Gasteiger partial charge on any atom is 0.258 e. The number of phenols is 1.